The van der Waals surface area contributed by atoms with E-state index >= 15 is 0 Å². The molecule has 0 atom stereocenters. The second-order valence-corrected chi connectivity index (χ2v) is 37.2. The number of amides is 4. The van der Waals surface area contributed by atoms with Crippen molar-refractivity contribution in [2.75, 3.05) is 133 Å². The molecule has 0 saturated carbocycles. The molecule has 12 heterocycles. The first-order valence-electron chi connectivity index (χ1n) is 45.4. The quantitative estimate of drug-likeness (QED) is 0.0536. The molecule has 4 aromatic heterocycles. The van der Waals surface area contributed by atoms with Gasteiger partial charge in [0.2, 0.25) is 0 Å². The van der Waals surface area contributed by atoms with Gasteiger partial charge in [-0.1, -0.05) is 13.8 Å². The van der Waals surface area contributed by atoms with Gasteiger partial charge in [-0.25, -0.2) is 4.39 Å². The van der Waals surface area contributed by atoms with E-state index in [2.05, 4.69) is 37.7 Å². The van der Waals surface area contributed by atoms with Crippen LogP contribution in [-0.2, 0) is 77.2 Å². The summed E-state index contributed by atoms with van der Waals surface area (Å²) in [5.74, 6) is 1.15. The van der Waals surface area contributed by atoms with E-state index in [4.69, 9.17) is 28.8 Å². The van der Waals surface area contributed by atoms with Gasteiger partial charge in [0.05, 0.1) is 72.5 Å². The highest BCUT2D eigenvalue weighted by Crippen LogP contribution is 2.50. The number of halogens is 10. The van der Waals surface area contributed by atoms with Crippen LogP contribution in [0.2, 0.25) is 0 Å². The van der Waals surface area contributed by atoms with E-state index in [1.165, 1.54) is 49.7 Å². The topological polar surface area (TPSA) is 226 Å². The van der Waals surface area contributed by atoms with Gasteiger partial charge in [-0.2, -0.15) is 39.5 Å². The summed E-state index contributed by atoms with van der Waals surface area (Å²) in [7, 11) is 7.38. The summed E-state index contributed by atoms with van der Waals surface area (Å²) >= 11 is 0. The number of aromatic nitrogens is 4. The number of likely N-dealkylation sites (tertiary alicyclic amines) is 4. The number of piperidine rings is 4. The smallest absolute Gasteiger partial charge is 0.431 e. The molecule has 0 bridgehead atoms. The fourth-order valence-corrected chi connectivity index (χ4v) is 20.7. The number of alkyl halides is 9. The average molecular weight is 1860 g/mol. The summed E-state index contributed by atoms with van der Waals surface area (Å²) in [6.45, 7) is 27.2. The van der Waals surface area contributed by atoms with E-state index in [0.29, 0.717) is 181 Å². The van der Waals surface area contributed by atoms with Crippen LogP contribution in [0.25, 0.3) is 0 Å². The third-order valence-electron chi connectivity index (χ3n) is 27.7. The summed E-state index contributed by atoms with van der Waals surface area (Å²) in [6.07, 6.45) is -8.64. The van der Waals surface area contributed by atoms with Gasteiger partial charge < -0.3 is 77.1 Å². The zero-order valence-corrected chi connectivity index (χ0v) is 77.8. The Morgan fingerprint density at radius 1 is 0.455 bits per heavy atom. The van der Waals surface area contributed by atoms with Gasteiger partial charge in [0.1, 0.15) is 40.9 Å². The number of nitrogens with zero attached hydrogens (tertiary/aromatic N) is 11. The number of fused-ring (bicyclic) bond motifs is 8. The highest BCUT2D eigenvalue weighted by Gasteiger charge is 2.54. The number of ketones is 1. The number of hydrogen-bond donors (Lipinski definition) is 3. The van der Waals surface area contributed by atoms with Crippen LogP contribution in [0.15, 0.2) is 121 Å². The van der Waals surface area contributed by atoms with Crippen molar-refractivity contribution in [1.82, 2.24) is 57.9 Å². The molecule has 4 spiro atoms. The molecule has 8 aliphatic rings. The molecule has 4 aromatic carbocycles. The summed E-state index contributed by atoms with van der Waals surface area (Å²) in [4.78, 5) is 79.1. The van der Waals surface area contributed by atoms with Crippen LogP contribution in [0, 0.1) is 25.6 Å². The minimum atomic E-state index is -4.44. The van der Waals surface area contributed by atoms with Crippen LogP contribution < -0.4 is 24.3 Å². The number of hydrogen-bond acceptors (Lipinski definition) is 16. The molecule has 4 fully saturated rings. The predicted octanol–water partition coefficient (Wildman–Crippen LogP) is 16.3. The van der Waals surface area contributed by atoms with E-state index in [-0.39, 0.29) is 93.6 Å². The first-order chi connectivity index (χ1) is 62.4. The first-order valence-corrected chi connectivity index (χ1v) is 45.4. The molecule has 24 nitrogen and oxygen atoms in total. The number of benzene rings is 4. The molecular formula is C98H128F10N12O12. The van der Waals surface area contributed by atoms with Crippen molar-refractivity contribution in [1.29, 1.82) is 0 Å². The highest BCUT2D eigenvalue weighted by atomic mass is 19.4. The molecule has 3 N–H and O–H groups in total. The average Bonchev–Trinajstić information content (AvgIpc) is 1.58. The first kappa shape index (κ1) is 99.3. The molecular weight excluding hydrogens is 1730 g/mol. The largest absolute Gasteiger partial charge is 0.496 e. The Morgan fingerprint density at radius 3 is 1.30 bits per heavy atom. The predicted molar refractivity (Wildman–Crippen MR) is 481 cm³/mol. The second-order valence-electron chi connectivity index (χ2n) is 37.2. The van der Waals surface area contributed by atoms with E-state index in [1.54, 1.807) is 111 Å². The zero-order valence-electron chi connectivity index (χ0n) is 77.8. The number of nitrogens with one attached hydrogen (secondary N) is 1. The van der Waals surface area contributed by atoms with Gasteiger partial charge in [0.15, 0.2) is 17.3 Å². The molecule has 4 saturated heterocycles. The molecule has 4 amide bonds. The maximum Gasteiger partial charge on any atom is 0.431 e. The van der Waals surface area contributed by atoms with Crippen molar-refractivity contribution >= 4 is 29.4 Å². The third-order valence-corrected chi connectivity index (χ3v) is 27.7. The van der Waals surface area contributed by atoms with E-state index in [9.17, 15) is 73.0 Å². The molecule has 0 radical (unpaired) electrons. The zero-order chi connectivity index (χ0) is 95.7. The van der Waals surface area contributed by atoms with Crippen molar-refractivity contribution in [3.05, 3.63) is 212 Å². The second kappa shape index (κ2) is 39.7. The van der Waals surface area contributed by atoms with Crippen LogP contribution in [0.3, 0.4) is 0 Å². The van der Waals surface area contributed by atoms with E-state index < -0.39 is 63.6 Å². The number of likely N-dealkylation sites (N-methyl/N-ethyl adjacent to an activating group) is 2. The van der Waals surface area contributed by atoms with Crippen LogP contribution in [0.5, 0.6) is 23.0 Å². The summed E-state index contributed by atoms with van der Waals surface area (Å²) in [6, 6.07) is 32.4. The number of methoxy groups -OCH3 is 2. The van der Waals surface area contributed by atoms with Gasteiger partial charge in [-0.15, -0.1) is 0 Å². The Kier molecular flexibility index (Phi) is 29.9. The van der Waals surface area contributed by atoms with Crippen molar-refractivity contribution in [3.63, 3.8) is 0 Å². The Hall–Kier alpha value is -10.2. The normalized spacial score (nSPS) is 18.6. The molecule has 722 valence electrons. The summed E-state index contributed by atoms with van der Waals surface area (Å²) in [5, 5.41) is 22.2. The number of rotatable bonds is 18. The lowest BCUT2D eigenvalue weighted by Crippen LogP contribution is -2.61. The number of aryl methyl sites for hydroxylation is 2. The van der Waals surface area contributed by atoms with Crippen molar-refractivity contribution < 1.29 is 105 Å². The monoisotopic (exact) mass is 1850 g/mol. The van der Waals surface area contributed by atoms with E-state index in [0.717, 1.165) is 54.6 Å². The number of Topliss-reactive ketones (excluding diaryl/α,β-unsaturated/α-hetero) is 1. The van der Waals surface area contributed by atoms with Crippen molar-refractivity contribution in [2.24, 2.45) is 5.92 Å². The van der Waals surface area contributed by atoms with Gasteiger partial charge in [-0.05, 0) is 253 Å². The molecule has 8 aromatic rings. The third kappa shape index (κ3) is 20.1. The van der Waals surface area contributed by atoms with Gasteiger partial charge in [0, 0.05) is 171 Å². The fraction of sp³-hybridized carbons (Fsp3) is 0.541. The number of carbonyl (C=O) groups excluding carboxylic acids is 5. The highest BCUT2D eigenvalue weighted by molar-refractivity contribution is 5.98. The molecule has 0 unspecified atom stereocenters. The molecule has 8 aliphatic heterocycles. The minimum absolute atomic E-state index is 0. The lowest BCUT2D eigenvalue weighted by molar-refractivity contribution is -0.146. The molecule has 16 rings (SSSR count). The van der Waals surface area contributed by atoms with Crippen LogP contribution in [0.1, 0.15) is 218 Å². The van der Waals surface area contributed by atoms with Gasteiger partial charge in [-0.3, -0.25) is 38.7 Å². The van der Waals surface area contributed by atoms with Gasteiger partial charge in [0.25, 0.3) is 23.6 Å². The molecule has 132 heavy (non-hydrogen) atoms. The summed E-state index contributed by atoms with van der Waals surface area (Å²) in [5.41, 5.74) is 3.75. The number of aliphatic hydroxyl groups excluding tert-OH is 2. The van der Waals surface area contributed by atoms with Crippen LogP contribution >= 0.6 is 0 Å². The summed E-state index contributed by atoms with van der Waals surface area (Å²) < 4.78 is 170. The Labute approximate surface area is 767 Å². The van der Waals surface area contributed by atoms with Crippen LogP contribution in [-0.4, -0.2) is 238 Å². The van der Waals surface area contributed by atoms with Crippen molar-refractivity contribution in [3.8, 4) is 23.0 Å². The standard InChI is InChI=1S/C26H34F3N3O4.C25H33N3O3.C24H29F4N3O2.C23H28F3N3O3.2H2/c1-18(2)36-21-5-4-19(16-20(21)17-33)24(34)30-10-8-25(9-11-30)22-6-7-23(26(27,28)29)32(22)13-12-31(25)14-15-35-3;1-17(2)23(29)20-7-9-22-25(26(4)14-15-28(20)22)10-12-27(13-11-25)24(30)19-6-8-21(31-5)18(3)16-19;1-15(2)33-18-6-5-16(13-17(18)25)21(32)30-11-9-23(10-12-30)19-7-8-20(24(26,27)28)31(19)22(3,4)14-29-23;1-16-15-17(3-4-18(16)32-14-13-30)21(31)28-9-7-22(8-10-28)19-5-6-20(23(24,25)26)29(19)12-11-27(22)2;;/h4-7,16,18,33H,8-15,17H2,1-3H3;6-9,16-17H,10-15H2,1-5H3;5-8,13,15,29H,9-12,14H2,1-4H3;3-6,15,30H,7-14H2,1-2H3;2*1H. The Bertz CT molecular complexity index is 5460. The maximum absolute atomic E-state index is 14.4. The maximum atomic E-state index is 14.4. The number of aliphatic hydroxyl groups is 2. The lowest BCUT2D eigenvalue weighted by atomic mass is 9.80. The number of carbonyl (C=O) groups is 5. The molecule has 34 heteroatoms. The molecule has 0 aliphatic carbocycles. The SMILES string of the molecule is CC(C)Oc1ccc(C(=O)N2CCC3(CC2)NCC(C)(C)n2c(C(F)(F)F)ccc23)cc1F.COCCN1CCn2c(C(F)(F)F)ccc2C12CCN(C(=O)c1ccc(OC(C)C)c(CO)c1)CC2.COc1ccc(C(=O)N2CCC3(CC2)c2ccc(C(=O)C(C)C)n2CCN3C)cc1C.Cc1cc(C(=O)N2CCC3(CC2)c2ccc(C(F)(F)F)n2CCN3C)ccc1OCCO.[HH].[HH]. The number of ether oxygens (including phenoxy) is 5. The van der Waals surface area contributed by atoms with Crippen LogP contribution in [0.4, 0.5) is 43.9 Å². The Balaban J connectivity index is 0.000000171. The van der Waals surface area contributed by atoms with E-state index in [1.807, 2.05) is 77.8 Å². The Morgan fingerprint density at radius 2 is 0.856 bits per heavy atom. The lowest BCUT2D eigenvalue weighted by Gasteiger charge is -2.52. The van der Waals surface area contributed by atoms with Gasteiger partial charge >= 0.3 is 18.5 Å². The minimum Gasteiger partial charge on any atom is -0.496 e. The fourth-order valence-electron chi connectivity index (χ4n) is 20.7. The van der Waals surface area contributed by atoms with Crippen molar-refractivity contribution in [2.45, 2.75) is 205 Å².